The van der Waals surface area contributed by atoms with Crippen LogP contribution in [-0.2, 0) is 11.8 Å². The van der Waals surface area contributed by atoms with Gasteiger partial charge in [0.05, 0.1) is 5.75 Å². The van der Waals surface area contributed by atoms with E-state index in [0.29, 0.717) is 20.9 Å². The van der Waals surface area contributed by atoms with Crippen LogP contribution in [0.5, 0.6) is 0 Å². The van der Waals surface area contributed by atoms with Gasteiger partial charge in [0.1, 0.15) is 5.82 Å². The van der Waals surface area contributed by atoms with Crippen molar-refractivity contribution in [3.05, 3.63) is 34.1 Å². The van der Waals surface area contributed by atoms with Crippen LogP contribution in [0.2, 0.25) is 10.0 Å². The molecule has 1 N–H and O–H groups in total. The number of thioether (sulfide) groups is 1. The summed E-state index contributed by atoms with van der Waals surface area (Å²) in [4.78, 5) is 11.9. The first-order chi connectivity index (χ1) is 9.45. The zero-order valence-corrected chi connectivity index (χ0v) is 13.2. The molecule has 0 aliphatic carbocycles. The zero-order chi connectivity index (χ0) is 14.7. The molecule has 0 unspecified atom stereocenters. The van der Waals surface area contributed by atoms with E-state index >= 15 is 0 Å². The summed E-state index contributed by atoms with van der Waals surface area (Å²) in [6.45, 7) is 1.85. The van der Waals surface area contributed by atoms with Crippen LogP contribution in [0.4, 0.5) is 5.69 Å². The van der Waals surface area contributed by atoms with Crippen LogP contribution in [-0.4, -0.2) is 26.4 Å². The lowest BCUT2D eigenvalue weighted by atomic mass is 10.3. The number of aromatic nitrogens is 3. The van der Waals surface area contributed by atoms with E-state index in [-0.39, 0.29) is 11.7 Å². The summed E-state index contributed by atoms with van der Waals surface area (Å²) < 4.78 is 1.83. The van der Waals surface area contributed by atoms with Gasteiger partial charge in [0, 0.05) is 22.8 Å². The number of carbonyl (C=O) groups excluding carboxylic acids is 1. The van der Waals surface area contributed by atoms with E-state index in [1.165, 1.54) is 11.8 Å². The molecule has 1 heterocycles. The number of nitrogens with zero attached hydrogens (tertiary/aromatic N) is 3. The minimum atomic E-state index is -0.158. The third-order valence-electron chi connectivity index (χ3n) is 2.53. The first-order valence-corrected chi connectivity index (χ1v) is 7.44. The Morgan fingerprint density at radius 3 is 2.50 bits per heavy atom. The van der Waals surface area contributed by atoms with Crippen LogP contribution >= 0.6 is 35.0 Å². The maximum Gasteiger partial charge on any atom is 0.234 e. The summed E-state index contributed by atoms with van der Waals surface area (Å²) in [5, 5.41) is 12.3. The van der Waals surface area contributed by atoms with Crippen molar-refractivity contribution in [3.8, 4) is 0 Å². The van der Waals surface area contributed by atoms with Gasteiger partial charge in [-0.15, -0.1) is 10.2 Å². The van der Waals surface area contributed by atoms with Gasteiger partial charge in [0.2, 0.25) is 5.91 Å². The fourth-order valence-corrected chi connectivity index (χ4v) is 2.75. The average molecular weight is 331 g/mol. The van der Waals surface area contributed by atoms with Crippen LogP contribution in [0, 0.1) is 6.92 Å². The molecule has 0 atom stereocenters. The molecule has 1 amide bonds. The first-order valence-electron chi connectivity index (χ1n) is 5.70. The van der Waals surface area contributed by atoms with Crippen LogP contribution in [0.15, 0.2) is 23.4 Å². The Hall–Kier alpha value is -1.24. The van der Waals surface area contributed by atoms with E-state index in [9.17, 15) is 4.79 Å². The van der Waals surface area contributed by atoms with Gasteiger partial charge in [-0.3, -0.25) is 4.79 Å². The lowest BCUT2D eigenvalue weighted by molar-refractivity contribution is -0.113. The second-order valence-electron chi connectivity index (χ2n) is 4.08. The normalized spacial score (nSPS) is 10.6. The molecule has 2 aromatic rings. The van der Waals surface area contributed by atoms with E-state index in [2.05, 4.69) is 15.5 Å². The Morgan fingerprint density at radius 2 is 1.95 bits per heavy atom. The van der Waals surface area contributed by atoms with Gasteiger partial charge in [-0.1, -0.05) is 35.0 Å². The van der Waals surface area contributed by atoms with E-state index in [1.54, 1.807) is 18.2 Å². The smallest absolute Gasteiger partial charge is 0.234 e. The molecule has 5 nitrogen and oxygen atoms in total. The van der Waals surface area contributed by atoms with Crippen LogP contribution < -0.4 is 5.32 Å². The van der Waals surface area contributed by atoms with Crippen molar-refractivity contribution in [1.82, 2.24) is 14.8 Å². The SMILES string of the molecule is Cc1nnc(SCC(=O)Nc2cc(Cl)cc(Cl)c2)n1C. The standard InChI is InChI=1S/C12H12Cl2N4OS/c1-7-16-17-12(18(7)2)20-6-11(19)15-10-4-8(13)3-9(14)5-10/h3-5H,6H2,1-2H3,(H,15,19). The van der Waals surface area contributed by atoms with Gasteiger partial charge < -0.3 is 9.88 Å². The predicted octanol–water partition coefficient (Wildman–Crippen LogP) is 3.16. The third-order valence-corrected chi connectivity index (χ3v) is 3.99. The summed E-state index contributed by atoms with van der Waals surface area (Å²) in [6.07, 6.45) is 0. The van der Waals surface area contributed by atoms with Gasteiger partial charge in [0.25, 0.3) is 0 Å². The molecular formula is C12H12Cl2N4OS. The maximum absolute atomic E-state index is 11.9. The van der Waals surface area contributed by atoms with Gasteiger partial charge in [-0.2, -0.15) is 0 Å². The number of aryl methyl sites for hydroxylation is 1. The van der Waals surface area contributed by atoms with Crippen LogP contribution in [0.3, 0.4) is 0 Å². The highest BCUT2D eigenvalue weighted by atomic mass is 35.5. The molecule has 1 aromatic carbocycles. The van der Waals surface area contributed by atoms with Crippen LogP contribution in [0.25, 0.3) is 0 Å². The van der Waals surface area contributed by atoms with Gasteiger partial charge in [-0.25, -0.2) is 0 Å². The average Bonchev–Trinajstić information content (AvgIpc) is 2.66. The molecule has 0 spiro atoms. The molecule has 106 valence electrons. The molecule has 2 rings (SSSR count). The van der Waals surface area contributed by atoms with Crippen molar-refractivity contribution in [1.29, 1.82) is 0 Å². The molecule has 0 fully saturated rings. The van der Waals surface area contributed by atoms with E-state index in [4.69, 9.17) is 23.2 Å². The number of hydrogen-bond acceptors (Lipinski definition) is 4. The Kier molecular flexibility index (Phi) is 4.91. The Balaban J connectivity index is 1.94. The number of benzene rings is 1. The Labute approximate surface area is 130 Å². The maximum atomic E-state index is 11.9. The highest BCUT2D eigenvalue weighted by Gasteiger charge is 2.09. The number of hydrogen-bond donors (Lipinski definition) is 1. The fraction of sp³-hybridized carbons (Fsp3) is 0.250. The van der Waals surface area contributed by atoms with Crippen molar-refractivity contribution in [3.63, 3.8) is 0 Å². The Bertz CT molecular complexity index is 624. The van der Waals surface area contributed by atoms with Crippen molar-refractivity contribution in [2.45, 2.75) is 12.1 Å². The van der Waals surface area contributed by atoms with Crippen molar-refractivity contribution in [2.75, 3.05) is 11.1 Å². The minimum Gasteiger partial charge on any atom is -0.325 e. The highest BCUT2D eigenvalue weighted by molar-refractivity contribution is 7.99. The number of rotatable bonds is 4. The fourth-order valence-electron chi connectivity index (χ4n) is 1.47. The number of amides is 1. The summed E-state index contributed by atoms with van der Waals surface area (Å²) >= 11 is 13.0. The summed E-state index contributed by atoms with van der Waals surface area (Å²) in [5.41, 5.74) is 0.572. The molecular weight excluding hydrogens is 319 g/mol. The summed E-state index contributed by atoms with van der Waals surface area (Å²) in [5.74, 6) is 0.874. The quantitative estimate of drug-likeness (QED) is 0.875. The predicted molar refractivity (Wildman–Crippen MR) is 81.6 cm³/mol. The molecule has 0 saturated heterocycles. The molecule has 20 heavy (non-hydrogen) atoms. The number of carbonyl (C=O) groups is 1. The van der Waals surface area contributed by atoms with Gasteiger partial charge in [0.15, 0.2) is 5.16 Å². The van der Waals surface area contributed by atoms with E-state index < -0.39 is 0 Å². The first kappa shape index (κ1) is 15.2. The number of anilines is 1. The monoisotopic (exact) mass is 330 g/mol. The molecule has 0 aliphatic rings. The van der Waals surface area contributed by atoms with Crippen molar-refractivity contribution in [2.24, 2.45) is 7.05 Å². The number of halogens is 2. The molecule has 8 heteroatoms. The van der Waals surface area contributed by atoms with Gasteiger partial charge in [-0.05, 0) is 25.1 Å². The minimum absolute atomic E-state index is 0.158. The second-order valence-corrected chi connectivity index (χ2v) is 5.90. The lowest BCUT2D eigenvalue weighted by Gasteiger charge is -2.06. The van der Waals surface area contributed by atoms with Crippen molar-refractivity contribution >= 4 is 46.6 Å². The Morgan fingerprint density at radius 1 is 1.30 bits per heavy atom. The summed E-state index contributed by atoms with van der Waals surface area (Å²) in [6, 6.07) is 4.89. The van der Waals surface area contributed by atoms with Gasteiger partial charge >= 0.3 is 0 Å². The van der Waals surface area contributed by atoms with E-state index in [1.807, 2.05) is 18.5 Å². The topological polar surface area (TPSA) is 59.8 Å². The molecule has 0 bridgehead atoms. The van der Waals surface area contributed by atoms with Crippen LogP contribution in [0.1, 0.15) is 5.82 Å². The third kappa shape index (κ3) is 3.88. The zero-order valence-electron chi connectivity index (χ0n) is 10.9. The molecule has 1 aromatic heterocycles. The number of nitrogens with one attached hydrogen (secondary N) is 1. The highest BCUT2D eigenvalue weighted by Crippen LogP contribution is 2.23. The molecule has 0 saturated carbocycles. The molecule has 0 radical (unpaired) electrons. The van der Waals surface area contributed by atoms with E-state index in [0.717, 1.165) is 5.82 Å². The lowest BCUT2D eigenvalue weighted by Crippen LogP contribution is -2.14. The molecule has 0 aliphatic heterocycles. The van der Waals surface area contributed by atoms with Crippen molar-refractivity contribution < 1.29 is 4.79 Å². The summed E-state index contributed by atoms with van der Waals surface area (Å²) in [7, 11) is 1.85. The second kappa shape index (κ2) is 6.47. The largest absolute Gasteiger partial charge is 0.325 e.